The third-order valence-corrected chi connectivity index (χ3v) is 5.07. The van der Waals surface area contributed by atoms with Gasteiger partial charge in [-0.2, -0.15) is 0 Å². The first-order chi connectivity index (χ1) is 7.66. The van der Waals surface area contributed by atoms with Gasteiger partial charge in [-0.1, -0.05) is 12.8 Å². The number of hydrogen-bond acceptors (Lipinski definition) is 3. The van der Waals surface area contributed by atoms with Gasteiger partial charge in [0, 0.05) is 19.1 Å². The Kier molecular flexibility index (Phi) is 4.21. The standard InChI is InChI=1S/C11H22N2O2S/c14-16(15,13-9-10-3-1-4-10)8-7-12-11-5-2-6-11/h10-13H,1-9H2. The number of sulfonamides is 1. The average molecular weight is 246 g/mol. The molecule has 4 nitrogen and oxygen atoms in total. The summed E-state index contributed by atoms with van der Waals surface area (Å²) in [5, 5.41) is 3.27. The van der Waals surface area contributed by atoms with Crippen molar-refractivity contribution in [3.63, 3.8) is 0 Å². The Hall–Kier alpha value is -0.130. The van der Waals surface area contributed by atoms with Gasteiger partial charge in [-0.25, -0.2) is 13.1 Å². The van der Waals surface area contributed by atoms with Gasteiger partial charge in [-0.3, -0.25) is 0 Å². The maximum atomic E-state index is 11.6. The molecule has 2 aliphatic rings. The molecule has 0 aromatic heterocycles. The molecular formula is C11H22N2O2S. The molecule has 2 aliphatic carbocycles. The molecule has 0 amide bonds. The minimum Gasteiger partial charge on any atom is -0.313 e. The first-order valence-electron chi connectivity index (χ1n) is 6.36. The second-order valence-electron chi connectivity index (χ2n) is 5.05. The fourth-order valence-corrected chi connectivity index (χ4v) is 3.04. The van der Waals surface area contributed by atoms with E-state index in [9.17, 15) is 8.42 Å². The van der Waals surface area contributed by atoms with Crippen molar-refractivity contribution in [3.8, 4) is 0 Å². The Labute approximate surface area is 98.2 Å². The maximum Gasteiger partial charge on any atom is 0.212 e. The molecular weight excluding hydrogens is 224 g/mol. The fraction of sp³-hybridized carbons (Fsp3) is 1.00. The van der Waals surface area contributed by atoms with E-state index in [-0.39, 0.29) is 5.75 Å². The topological polar surface area (TPSA) is 58.2 Å². The predicted octanol–water partition coefficient (Wildman–Crippen LogP) is 0.848. The zero-order chi connectivity index (χ0) is 11.4. The van der Waals surface area contributed by atoms with E-state index in [0.717, 1.165) is 0 Å². The highest BCUT2D eigenvalue weighted by Crippen LogP contribution is 2.25. The lowest BCUT2D eigenvalue weighted by Crippen LogP contribution is -2.41. The van der Waals surface area contributed by atoms with E-state index in [1.165, 1.54) is 38.5 Å². The first-order valence-corrected chi connectivity index (χ1v) is 8.02. The van der Waals surface area contributed by atoms with Crippen LogP contribution < -0.4 is 10.0 Å². The van der Waals surface area contributed by atoms with Crippen LogP contribution in [-0.2, 0) is 10.0 Å². The molecule has 0 atom stereocenters. The van der Waals surface area contributed by atoms with Crippen LogP contribution in [-0.4, -0.2) is 33.3 Å². The molecule has 2 fully saturated rings. The van der Waals surface area contributed by atoms with Gasteiger partial charge in [0.05, 0.1) is 5.75 Å². The zero-order valence-electron chi connectivity index (χ0n) is 9.74. The smallest absolute Gasteiger partial charge is 0.212 e. The molecule has 0 spiro atoms. The van der Waals surface area contributed by atoms with Gasteiger partial charge < -0.3 is 5.32 Å². The van der Waals surface area contributed by atoms with E-state index in [4.69, 9.17) is 0 Å². The maximum absolute atomic E-state index is 11.6. The second kappa shape index (κ2) is 5.47. The molecule has 16 heavy (non-hydrogen) atoms. The Morgan fingerprint density at radius 2 is 1.75 bits per heavy atom. The molecule has 0 aromatic carbocycles. The molecule has 0 aliphatic heterocycles. The minimum atomic E-state index is -3.05. The van der Waals surface area contributed by atoms with E-state index < -0.39 is 10.0 Å². The van der Waals surface area contributed by atoms with Crippen LogP contribution in [0.25, 0.3) is 0 Å². The highest BCUT2D eigenvalue weighted by atomic mass is 32.2. The highest BCUT2D eigenvalue weighted by molar-refractivity contribution is 7.89. The van der Waals surface area contributed by atoms with Crippen LogP contribution >= 0.6 is 0 Å². The van der Waals surface area contributed by atoms with Gasteiger partial charge in [0.15, 0.2) is 0 Å². The third kappa shape index (κ3) is 3.71. The summed E-state index contributed by atoms with van der Waals surface area (Å²) in [6.45, 7) is 1.23. The van der Waals surface area contributed by atoms with Gasteiger partial charge >= 0.3 is 0 Å². The summed E-state index contributed by atoms with van der Waals surface area (Å²) in [6, 6.07) is 0.571. The monoisotopic (exact) mass is 246 g/mol. The lowest BCUT2D eigenvalue weighted by atomic mass is 9.86. The Balaban J connectivity index is 1.57. The largest absolute Gasteiger partial charge is 0.313 e. The van der Waals surface area contributed by atoms with Crippen molar-refractivity contribution < 1.29 is 8.42 Å². The molecule has 0 bridgehead atoms. The van der Waals surface area contributed by atoms with Gasteiger partial charge in [0.2, 0.25) is 10.0 Å². The summed E-state index contributed by atoms with van der Waals surface area (Å²) in [5.41, 5.74) is 0. The second-order valence-corrected chi connectivity index (χ2v) is 6.97. The van der Waals surface area contributed by atoms with E-state index in [0.29, 0.717) is 25.0 Å². The normalized spacial score (nSPS) is 22.8. The molecule has 2 N–H and O–H groups in total. The minimum absolute atomic E-state index is 0.218. The Morgan fingerprint density at radius 1 is 1.06 bits per heavy atom. The van der Waals surface area contributed by atoms with Crippen molar-refractivity contribution >= 4 is 10.0 Å². The molecule has 0 heterocycles. The van der Waals surface area contributed by atoms with Crippen molar-refractivity contribution in [2.24, 2.45) is 5.92 Å². The van der Waals surface area contributed by atoms with E-state index in [2.05, 4.69) is 10.0 Å². The van der Waals surface area contributed by atoms with Gasteiger partial charge in [-0.15, -0.1) is 0 Å². The van der Waals surface area contributed by atoms with Crippen molar-refractivity contribution in [2.75, 3.05) is 18.8 Å². The highest BCUT2D eigenvalue weighted by Gasteiger charge is 2.21. The number of hydrogen-bond donors (Lipinski definition) is 2. The van der Waals surface area contributed by atoms with Crippen molar-refractivity contribution in [1.29, 1.82) is 0 Å². The fourth-order valence-electron chi connectivity index (χ4n) is 2.02. The van der Waals surface area contributed by atoms with Gasteiger partial charge in [0.25, 0.3) is 0 Å². The van der Waals surface area contributed by atoms with Crippen LogP contribution in [0.1, 0.15) is 38.5 Å². The van der Waals surface area contributed by atoms with Crippen LogP contribution in [0, 0.1) is 5.92 Å². The molecule has 0 unspecified atom stereocenters. The number of nitrogens with one attached hydrogen (secondary N) is 2. The van der Waals surface area contributed by atoms with Crippen molar-refractivity contribution in [2.45, 2.75) is 44.6 Å². The van der Waals surface area contributed by atoms with Crippen LogP contribution in [0.3, 0.4) is 0 Å². The number of rotatable bonds is 7. The summed E-state index contributed by atoms with van der Waals surface area (Å²) in [7, 11) is -3.05. The first kappa shape index (κ1) is 12.3. The lowest BCUT2D eigenvalue weighted by molar-refractivity contribution is 0.316. The van der Waals surface area contributed by atoms with Crippen molar-refractivity contribution in [3.05, 3.63) is 0 Å². The summed E-state index contributed by atoms with van der Waals surface area (Å²) in [4.78, 5) is 0. The summed E-state index contributed by atoms with van der Waals surface area (Å²) < 4.78 is 25.9. The molecule has 94 valence electrons. The molecule has 2 saturated carbocycles. The van der Waals surface area contributed by atoms with Crippen LogP contribution in [0.15, 0.2) is 0 Å². The average Bonchev–Trinajstić information content (AvgIpc) is 2.06. The SMILES string of the molecule is O=S(=O)(CCNC1CCC1)NCC1CCC1. The van der Waals surface area contributed by atoms with Gasteiger partial charge in [0.1, 0.15) is 0 Å². The van der Waals surface area contributed by atoms with Crippen LogP contribution in [0.5, 0.6) is 0 Å². The zero-order valence-corrected chi connectivity index (χ0v) is 10.6. The molecule has 0 saturated heterocycles. The van der Waals surface area contributed by atoms with E-state index in [1.807, 2.05) is 0 Å². The predicted molar refractivity (Wildman–Crippen MR) is 64.8 cm³/mol. The quantitative estimate of drug-likeness (QED) is 0.700. The Morgan fingerprint density at radius 3 is 2.25 bits per heavy atom. The van der Waals surface area contributed by atoms with Crippen LogP contribution in [0.4, 0.5) is 0 Å². The molecule has 5 heteroatoms. The van der Waals surface area contributed by atoms with Crippen molar-refractivity contribution in [1.82, 2.24) is 10.0 Å². The third-order valence-electron chi connectivity index (χ3n) is 3.73. The Bertz CT molecular complexity index is 308. The molecule has 0 aromatic rings. The lowest BCUT2D eigenvalue weighted by Gasteiger charge is -2.27. The van der Waals surface area contributed by atoms with Crippen LogP contribution in [0.2, 0.25) is 0 Å². The summed E-state index contributed by atoms with van der Waals surface area (Å²) >= 11 is 0. The summed E-state index contributed by atoms with van der Waals surface area (Å²) in [5.74, 6) is 0.810. The van der Waals surface area contributed by atoms with E-state index >= 15 is 0 Å². The summed E-state index contributed by atoms with van der Waals surface area (Å²) in [6.07, 6.45) is 7.32. The van der Waals surface area contributed by atoms with E-state index in [1.54, 1.807) is 0 Å². The van der Waals surface area contributed by atoms with Gasteiger partial charge in [-0.05, 0) is 31.6 Å². The molecule has 2 rings (SSSR count). The molecule has 0 radical (unpaired) electrons.